The fourth-order valence-electron chi connectivity index (χ4n) is 7.77. The Balaban J connectivity index is 6.47. The van der Waals surface area contributed by atoms with Gasteiger partial charge in [0.25, 0.3) is 0 Å². The minimum atomic E-state index is -1.03. The first-order valence-electron chi connectivity index (χ1n) is 26.4. The SMILES string of the molecule is CCNC(=O)CCCCCNC(=O)C(CCCCNC)NC(=O)C(CCCCNC)NC(=O)C(CCCCNC)NC(=O)C(CCCCNC)NC(=O)C(CCCCNC)NC(=O)CCCCCN. The van der Waals surface area contributed by atoms with Gasteiger partial charge in [0.1, 0.15) is 30.2 Å². The normalized spacial score (nSPS) is 13.3. The minimum Gasteiger partial charge on any atom is -0.356 e. The molecule has 0 aromatic carbocycles. The van der Waals surface area contributed by atoms with E-state index in [9.17, 15) is 33.6 Å². The summed E-state index contributed by atoms with van der Waals surface area (Å²) in [7, 11) is 9.24. The van der Waals surface area contributed by atoms with Crippen molar-refractivity contribution in [1.29, 1.82) is 0 Å². The maximum atomic E-state index is 14.4. The van der Waals surface area contributed by atoms with Crippen LogP contribution in [0.25, 0.3) is 0 Å². The number of unbranched alkanes of at least 4 members (excludes halogenated alkanes) is 9. The molecule has 14 N–H and O–H groups in total. The Morgan fingerprint density at radius 2 is 0.638 bits per heavy atom. The van der Waals surface area contributed by atoms with Crippen LogP contribution in [0.2, 0.25) is 0 Å². The third kappa shape index (κ3) is 34.9. The number of carbonyl (C=O) groups excluding carboxylic acids is 7. The van der Waals surface area contributed by atoms with E-state index in [0.29, 0.717) is 123 Å². The number of carbonyl (C=O) groups is 7. The van der Waals surface area contributed by atoms with Gasteiger partial charge in [-0.05, 0) is 203 Å². The van der Waals surface area contributed by atoms with Gasteiger partial charge >= 0.3 is 0 Å². The zero-order chi connectivity index (χ0) is 51.3. The number of nitrogens with two attached hydrogens (primary N) is 1. The van der Waals surface area contributed by atoms with Crippen LogP contribution in [0.4, 0.5) is 0 Å². The van der Waals surface area contributed by atoms with E-state index in [2.05, 4.69) is 63.8 Å². The molecule has 0 aliphatic rings. The van der Waals surface area contributed by atoms with E-state index in [1.807, 2.05) is 42.2 Å². The van der Waals surface area contributed by atoms with E-state index >= 15 is 0 Å². The summed E-state index contributed by atoms with van der Waals surface area (Å²) in [6.45, 7) is 7.04. The number of rotatable bonds is 47. The second-order valence-electron chi connectivity index (χ2n) is 18.0. The molecule has 69 heavy (non-hydrogen) atoms. The Hall–Kier alpha value is -3.95. The van der Waals surface area contributed by atoms with Crippen LogP contribution >= 0.6 is 0 Å². The zero-order valence-electron chi connectivity index (χ0n) is 43.7. The molecule has 20 nitrogen and oxygen atoms in total. The molecule has 0 rings (SSSR count). The lowest BCUT2D eigenvalue weighted by molar-refractivity contribution is -0.135. The Kier molecular flexibility index (Phi) is 42.6. The van der Waals surface area contributed by atoms with Crippen LogP contribution in [0, 0.1) is 0 Å². The van der Waals surface area contributed by atoms with Crippen LogP contribution in [0.3, 0.4) is 0 Å². The van der Waals surface area contributed by atoms with Crippen LogP contribution in [-0.2, 0) is 33.6 Å². The van der Waals surface area contributed by atoms with Crippen LogP contribution in [-0.4, -0.2) is 159 Å². The molecule has 5 unspecified atom stereocenters. The van der Waals surface area contributed by atoms with E-state index in [1.54, 1.807) is 0 Å². The Morgan fingerprint density at radius 3 is 0.971 bits per heavy atom. The molecule has 0 fully saturated rings. The maximum absolute atomic E-state index is 14.4. The first-order chi connectivity index (χ1) is 33.4. The van der Waals surface area contributed by atoms with Gasteiger partial charge in [0.05, 0.1) is 0 Å². The van der Waals surface area contributed by atoms with Gasteiger partial charge < -0.3 is 69.5 Å². The molecular weight excluding hydrogens is 883 g/mol. The van der Waals surface area contributed by atoms with Gasteiger partial charge in [-0.1, -0.05) is 12.8 Å². The average Bonchev–Trinajstić information content (AvgIpc) is 3.33. The van der Waals surface area contributed by atoms with Crippen molar-refractivity contribution in [2.24, 2.45) is 5.73 Å². The molecule has 0 spiro atoms. The second-order valence-corrected chi connectivity index (χ2v) is 18.0. The summed E-state index contributed by atoms with van der Waals surface area (Å²) in [5.41, 5.74) is 5.63. The lowest BCUT2D eigenvalue weighted by atomic mass is 10.0. The Labute approximate surface area is 415 Å². The summed E-state index contributed by atoms with van der Waals surface area (Å²) in [5, 5.41) is 36.0. The van der Waals surface area contributed by atoms with Crippen LogP contribution < -0.4 is 69.5 Å². The van der Waals surface area contributed by atoms with Gasteiger partial charge in [0, 0.05) is 25.9 Å². The highest BCUT2D eigenvalue weighted by Gasteiger charge is 2.32. The molecular formula is C49H99N13O7. The summed E-state index contributed by atoms with van der Waals surface area (Å²) >= 11 is 0. The highest BCUT2D eigenvalue weighted by Crippen LogP contribution is 2.11. The highest BCUT2D eigenvalue weighted by atomic mass is 16.2. The molecule has 7 amide bonds. The molecule has 402 valence electrons. The number of hydrogen-bond donors (Lipinski definition) is 13. The third-order valence-electron chi connectivity index (χ3n) is 11.9. The largest absolute Gasteiger partial charge is 0.356 e. The number of hydrogen-bond acceptors (Lipinski definition) is 13. The molecule has 0 saturated carbocycles. The van der Waals surface area contributed by atoms with E-state index in [-0.39, 0.29) is 30.6 Å². The quantitative estimate of drug-likeness (QED) is 0.0375. The summed E-state index contributed by atoms with van der Waals surface area (Å²) < 4.78 is 0. The van der Waals surface area contributed by atoms with E-state index in [1.165, 1.54) is 0 Å². The first kappa shape index (κ1) is 65.0. The molecule has 0 radical (unpaired) electrons. The van der Waals surface area contributed by atoms with E-state index in [0.717, 1.165) is 64.5 Å². The summed E-state index contributed by atoms with van der Waals surface area (Å²) in [4.78, 5) is 95.4. The lowest BCUT2D eigenvalue weighted by Gasteiger charge is -2.27. The van der Waals surface area contributed by atoms with Crippen molar-refractivity contribution in [3.8, 4) is 0 Å². The molecule has 0 bridgehead atoms. The van der Waals surface area contributed by atoms with Crippen LogP contribution in [0.15, 0.2) is 0 Å². The zero-order valence-corrected chi connectivity index (χ0v) is 43.7. The van der Waals surface area contributed by atoms with Crippen molar-refractivity contribution >= 4 is 41.4 Å². The van der Waals surface area contributed by atoms with Crippen molar-refractivity contribution in [2.75, 3.05) is 87.6 Å². The summed E-state index contributed by atoms with van der Waals surface area (Å²) in [6.07, 6.45) is 13.8. The maximum Gasteiger partial charge on any atom is 0.243 e. The van der Waals surface area contributed by atoms with E-state index in [4.69, 9.17) is 5.73 Å². The number of nitrogens with one attached hydrogen (secondary N) is 12. The van der Waals surface area contributed by atoms with Gasteiger partial charge in [-0.25, -0.2) is 0 Å². The molecule has 0 aliphatic heterocycles. The van der Waals surface area contributed by atoms with Crippen molar-refractivity contribution in [1.82, 2.24) is 63.8 Å². The molecule has 0 heterocycles. The molecule has 0 aromatic rings. The third-order valence-corrected chi connectivity index (χ3v) is 11.9. The van der Waals surface area contributed by atoms with Crippen molar-refractivity contribution < 1.29 is 33.6 Å². The monoisotopic (exact) mass is 982 g/mol. The van der Waals surface area contributed by atoms with Gasteiger partial charge in [0.15, 0.2) is 0 Å². The number of amides is 7. The average molecular weight is 982 g/mol. The van der Waals surface area contributed by atoms with Gasteiger partial charge in [0.2, 0.25) is 41.4 Å². The fourth-order valence-corrected chi connectivity index (χ4v) is 7.77. The molecule has 20 heteroatoms. The summed E-state index contributed by atoms with van der Waals surface area (Å²) in [5.74, 6) is -2.54. The standard InChI is InChI=1S/C49H99N13O7/c1-7-56-43(63)29-11-9-18-37-57-45(65)38(24-12-19-32-51-2)59-47(67)40(26-14-21-34-53-4)61-49(69)42(28-16-23-36-55-6)62-48(68)41(27-15-22-35-54-5)60-46(66)39(25-13-20-33-52-3)58-44(64)30-10-8-17-31-50/h38-42,51-55H,7-37,50H2,1-6H3,(H,56,63)(H,57,65)(H,58,64)(H,59,67)(H,60,66)(H,61,69)(H,62,68). The molecule has 0 aromatic heterocycles. The predicted molar refractivity (Wildman–Crippen MR) is 276 cm³/mol. The Morgan fingerprint density at radius 1 is 0.333 bits per heavy atom. The fraction of sp³-hybridized carbons (Fsp3) is 0.857. The summed E-state index contributed by atoms with van der Waals surface area (Å²) in [6, 6.07) is -4.70. The van der Waals surface area contributed by atoms with Gasteiger partial charge in [-0.15, -0.1) is 0 Å². The first-order valence-corrected chi connectivity index (χ1v) is 26.4. The molecule has 0 saturated heterocycles. The van der Waals surface area contributed by atoms with Crippen molar-refractivity contribution in [2.45, 2.75) is 185 Å². The highest BCUT2D eigenvalue weighted by molar-refractivity contribution is 5.96. The predicted octanol–water partition coefficient (Wildman–Crippen LogP) is 0.691. The van der Waals surface area contributed by atoms with E-state index < -0.39 is 53.8 Å². The lowest BCUT2D eigenvalue weighted by Crippen LogP contribution is -2.59. The Bertz CT molecular complexity index is 1380. The van der Waals surface area contributed by atoms with Crippen LogP contribution in [0.5, 0.6) is 0 Å². The molecule has 0 aliphatic carbocycles. The smallest absolute Gasteiger partial charge is 0.243 e. The topological polar surface area (TPSA) is 290 Å². The minimum absolute atomic E-state index is 0.00790. The van der Waals surface area contributed by atoms with Gasteiger partial charge in [-0.3, -0.25) is 33.6 Å². The molecule has 5 atom stereocenters. The van der Waals surface area contributed by atoms with Crippen LogP contribution in [0.1, 0.15) is 155 Å². The van der Waals surface area contributed by atoms with Gasteiger partial charge in [-0.2, -0.15) is 0 Å². The van der Waals surface area contributed by atoms with Crippen molar-refractivity contribution in [3.63, 3.8) is 0 Å². The van der Waals surface area contributed by atoms with Crippen molar-refractivity contribution in [3.05, 3.63) is 0 Å². The second kappa shape index (κ2) is 45.2.